The molecule has 0 amide bonds. The summed E-state index contributed by atoms with van der Waals surface area (Å²) >= 11 is 0. The first kappa shape index (κ1) is 20.9. The Balaban J connectivity index is 1.50. The smallest absolute Gasteiger partial charge is 0.227 e. The molecule has 182 valence electrons. The van der Waals surface area contributed by atoms with Gasteiger partial charge in [-0.1, -0.05) is 97.1 Å². The Labute approximate surface area is 225 Å². The Morgan fingerprint density at radius 2 is 1.31 bits per heavy atom. The highest BCUT2D eigenvalue weighted by atomic mass is 16.5. The van der Waals surface area contributed by atoms with Gasteiger partial charge in [-0.3, -0.25) is 0 Å². The van der Waals surface area contributed by atoms with E-state index >= 15 is 0 Å². The molecule has 1 atom stereocenters. The summed E-state index contributed by atoms with van der Waals surface area (Å²) < 4.78 is 13.0. The molecule has 6 aromatic carbocycles. The highest BCUT2D eigenvalue weighted by molar-refractivity contribution is 6.10. The molecule has 39 heavy (non-hydrogen) atoms. The molecule has 3 nitrogen and oxygen atoms in total. The van der Waals surface area contributed by atoms with Crippen LogP contribution in [0.1, 0.15) is 22.3 Å². The van der Waals surface area contributed by atoms with Gasteiger partial charge >= 0.3 is 0 Å². The number of hydrogen-bond donors (Lipinski definition) is 0. The van der Waals surface area contributed by atoms with Crippen molar-refractivity contribution in [2.24, 2.45) is 0 Å². The number of fused-ring (bicyclic) bond motifs is 8. The van der Waals surface area contributed by atoms with Gasteiger partial charge in [-0.2, -0.15) is 0 Å². The number of aromatic nitrogens is 1. The van der Waals surface area contributed by atoms with Crippen LogP contribution in [0.2, 0.25) is 0 Å². The normalized spacial score (nSPS) is 16.5. The van der Waals surface area contributed by atoms with Crippen LogP contribution in [0, 0.1) is 0 Å². The quantitative estimate of drug-likeness (QED) is 0.238. The maximum atomic E-state index is 6.58. The lowest BCUT2D eigenvalue weighted by Gasteiger charge is -2.39. The van der Waals surface area contributed by atoms with E-state index in [1.54, 1.807) is 0 Å². The van der Waals surface area contributed by atoms with Crippen molar-refractivity contribution in [1.29, 1.82) is 0 Å². The maximum Gasteiger partial charge on any atom is 0.227 e. The zero-order chi connectivity index (χ0) is 25.6. The Hall–Kier alpha value is -5.15. The van der Waals surface area contributed by atoms with Crippen LogP contribution in [-0.2, 0) is 5.41 Å². The van der Waals surface area contributed by atoms with Crippen LogP contribution in [0.25, 0.3) is 44.5 Å². The summed E-state index contributed by atoms with van der Waals surface area (Å²) in [4.78, 5) is 4.94. The minimum Gasteiger partial charge on any atom is -0.457 e. The van der Waals surface area contributed by atoms with E-state index in [2.05, 4.69) is 97.1 Å². The summed E-state index contributed by atoms with van der Waals surface area (Å²) in [5, 5.41) is 2.30. The van der Waals surface area contributed by atoms with E-state index in [1.807, 2.05) is 30.3 Å². The van der Waals surface area contributed by atoms with Gasteiger partial charge < -0.3 is 9.15 Å². The molecular formula is C36H21NO2. The zero-order valence-corrected chi connectivity index (χ0v) is 20.9. The van der Waals surface area contributed by atoms with Gasteiger partial charge in [-0.05, 0) is 63.4 Å². The van der Waals surface area contributed by atoms with Gasteiger partial charge in [-0.25, -0.2) is 4.98 Å². The molecular weight excluding hydrogens is 478 g/mol. The van der Waals surface area contributed by atoms with Crippen LogP contribution in [-0.4, -0.2) is 4.98 Å². The Bertz CT molecular complexity index is 2070. The van der Waals surface area contributed by atoms with Crippen molar-refractivity contribution in [1.82, 2.24) is 4.98 Å². The second-order valence-electron chi connectivity index (χ2n) is 10.3. The van der Waals surface area contributed by atoms with E-state index in [9.17, 15) is 0 Å². The van der Waals surface area contributed by atoms with Crippen LogP contribution < -0.4 is 4.74 Å². The molecule has 9 rings (SSSR count). The van der Waals surface area contributed by atoms with Crippen molar-refractivity contribution >= 4 is 21.9 Å². The lowest BCUT2D eigenvalue weighted by atomic mass is 9.66. The molecule has 3 heteroatoms. The van der Waals surface area contributed by atoms with Gasteiger partial charge in [0, 0.05) is 16.7 Å². The van der Waals surface area contributed by atoms with Gasteiger partial charge in [0.05, 0.1) is 5.41 Å². The number of nitrogens with zero attached hydrogens (tertiary/aromatic N) is 1. The van der Waals surface area contributed by atoms with Gasteiger partial charge in [0.25, 0.3) is 0 Å². The third-order valence-electron chi connectivity index (χ3n) is 8.36. The number of hydrogen-bond acceptors (Lipinski definition) is 3. The number of oxazole rings is 1. The predicted octanol–water partition coefficient (Wildman–Crippen LogP) is 9.12. The lowest BCUT2D eigenvalue weighted by molar-refractivity contribution is 0.438. The topological polar surface area (TPSA) is 35.3 Å². The van der Waals surface area contributed by atoms with Crippen molar-refractivity contribution in [3.05, 3.63) is 150 Å². The minimum atomic E-state index is -0.540. The number of benzene rings is 6. The minimum absolute atomic E-state index is 0.540. The highest BCUT2D eigenvalue weighted by Crippen LogP contribution is 2.64. The van der Waals surface area contributed by atoms with Crippen molar-refractivity contribution in [2.75, 3.05) is 0 Å². The van der Waals surface area contributed by atoms with E-state index < -0.39 is 5.41 Å². The number of para-hydroxylation sites is 3. The SMILES string of the molecule is c1ccc(C23c4ccccc4Oc4cccc(c42)-c2c3cc(-c3nc4ccccc4o3)c3ccccc23)cc1. The molecule has 0 fully saturated rings. The van der Waals surface area contributed by atoms with Gasteiger partial charge in [0.2, 0.25) is 5.89 Å². The molecule has 1 aliphatic carbocycles. The molecule has 0 saturated carbocycles. The van der Waals surface area contributed by atoms with Crippen LogP contribution in [0.3, 0.4) is 0 Å². The van der Waals surface area contributed by atoms with Crippen LogP contribution in [0.15, 0.2) is 132 Å². The predicted molar refractivity (Wildman–Crippen MR) is 154 cm³/mol. The Kier molecular flexibility index (Phi) is 3.99. The van der Waals surface area contributed by atoms with E-state index in [0.717, 1.165) is 39.1 Å². The molecule has 1 aliphatic heterocycles. The largest absolute Gasteiger partial charge is 0.457 e. The summed E-state index contributed by atoms with van der Waals surface area (Å²) in [6.07, 6.45) is 0. The molecule has 1 aromatic heterocycles. The summed E-state index contributed by atoms with van der Waals surface area (Å²) in [5.74, 6) is 2.42. The highest BCUT2D eigenvalue weighted by Gasteiger charge is 2.52. The van der Waals surface area contributed by atoms with Crippen molar-refractivity contribution in [3.8, 4) is 34.1 Å². The molecule has 0 bridgehead atoms. The lowest BCUT2D eigenvalue weighted by Crippen LogP contribution is -2.32. The average molecular weight is 500 g/mol. The second kappa shape index (κ2) is 7.46. The number of rotatable bonds is 2. The molecule has 2 heterocycles. The van der Waals surface area contributed by atoms with E-state index in [1.165, 1.54) is 33.2 Å². The standard InChI is InChI=1S/C36H21NO2/c1-2-11-22(12-3-1)36-27-16-6-8-18-30(27)38-32-20-10-15-25(34(32)36)33-24-14-5-4-13-23(24)26(21-28(33)36)35-37-29-17-7-9-19-31(29)39-35/h1-21H. The fourth-order valence-corrected chi connectivity index (χ4v) is 6.88. The monoisotopic (exact) mass is 499 g/mol. The van der Waals surface area contributed by atoms with Crippen LogP contribution in [0.4, 0.5) is 0 Å². The fraction of sp³-hybridized carbons (Fsp3) is 0.0278. The fourth-order valence-electron chi connectivity index (χ4n) is 6.88. The first-order valence-electron chi connectivity index (χ1n) is 13.2. The van der Waals surface area contributed by atoms with Gasteiger partial charge in [0.15, 0.2) is 5.58 Å². The van der Waals surface area contributed by atoms with Crippen molar-refractivity contribution in [2.45, 2.75) is 5.41 Å². The zero-order valence-electron chi connectivity index (χ0n) is 20.9. The second-order valence-corrected chi connectivity index (χ2v) is 10.3. The molecule has 1 unspecified atom stereocenters. The Morgan fingerprint density at radius 1 is 0.564 bits per heavy atom. The third kappa shape index (κ3) is 2.59. The van der Waals surface area contributed by atoms with E-state index in [-0.39, 0.29) is 0 Å². The first-order valence-corrected chi connectivity index (χ1v) is 13.2. The van der Waals surface area contributed by atoms with E-state index in [4.69, 9.17) is 14.1 Å². The molecule has 2 aliphatic rings. The molecule has 7 aromatic rings. The summed E-state index contributed by atoms with van der Waals surface area (Å²) in [5.41, 5.74) is 9.34. The maximum absolute atomic E-state index is 6.58. The van der Waals surface area contributed by atoms with E-state index in [0.29, 0.717) is 5.89 Å². The molecule has 0 N–H and O–H groups in total. The van der Waals surface area contributed by atoms with Crippen molar-refractivity contribution in [3.63, 3.8) is 0 Å². The average Bonchev–Trinajstić information content (AvgIpc) is 3.56. The van der Waals surface area contributed by atoms with Crippen LogP contribution >= 0.6 is 0 Å². The number of ether oxygens (including phenoxy) is 1. The summed E-state index contributed by atoms with van der Waals surface area (Å²) in [6.45, 7) is 0. The molecule has 0 spiro atoms. The Morgan fingerprint density at radius 3 is 2.21 bits per heavy atom. The first-order chi connectivity index (χ1) is 19.3. The molecule has 0 radical (unpaired) electrons. The summed E-state index contributed by atoms with van der Waals surface area (Å²) in [7, 11) is 0. The van der Waals surface area contributed by atoms with Crippen LogP contribution in [0.5, 0.6) is 11.5 Å². The third-order valence-corrected chi connectivity index (χ3v) is 8.36. The van der Waals surface area contributed by atoms with Crippen molar-refractivity contribution < 1.29 is 9.15 Å². The summed E-state index contributed by atoms with van der Waals surface area (Å²) in [6, 6.07) is 44.6. The van der Waals surface area contributed by atoms with Gasteiger partial charge in [0.1, 0.15) is 17.0 Å². The van der Waals surface area contributed by atoms with Gasteiger partial charge in [-0.15, -0.1) is 0 Å². The molecule has 0 saturated heterocycles.